The fourth-order valence-corrected chi connectivity index (χ4v) is 2.34. The largest absolute Gasteiger partial charge is 0.0816 e. The van der Waals surface area contributed by atoms with Crippen LogP contribution in [0.15, 0.2) is 11.6 Å². The summed E-state index contributed by atoms with van der Waals surface area (Å²) in [6.45, 7) is 7.08. The Bertz CT molecular complexity index is 186. The lowest BCUT2D eigenvalue weighted by Gasteiger charge is -2.08. The minimum atomic E-state index is 0.588. The van der Waals surface area contributed by atoms with Gasteiger partial charge >= 0.3 is 0 Å². The minimum absolute atomic E-state index is 0.588. The zero-order valence-electron chi connectivity index (χ0n) is 7.15. The summed E-state index contributed by atoms with van der Waals surface area (Å²) in [5.74, 6) is 1.82. The molecule has 0 heterocycles. The van der Waals surface area contributed by atoms with Gasteiger partial charge in [-0.05, 0) is 30.1 Å². The first-order valence-corrected chi connectivity index (χ1v) is 4.34. The van der Waals surface area contributed by atoms with Gasteiger partial charge in [-0.1, -0.05) is 32.4 Å². The van der Waals surface area contributed by atoms with Gasteiger partial charge < -0.3 is 0 Å². The first kappa shape index (κ1) is 6.45. The third-order valence-corrected chi connectivity index (χ3v) is 3.28. The molecule has 1 saturated carbocycles. The van der Waals surface area contributed by atoms with E-state index in [0.29, 0.717) is 5.41 Å². The Morgan fingerprint density at radius 2 is 2.10 bits per heavy atom. The fourth-order valence-electron chi connectivity index (χ4n) is 2.34. The minimum Gasteiger partial charge on any atom is -0.0816 e. The van der Waals surface area contributed by atoms with Gasteiger partial charge in [-0.25, -0.2) is 0 Å². The molecule has 2 rings (SSSR count). The first-order chi connectivity index (χ1) is 4.62. The zero-order chi connectivity index (χ0) is 7.35. The third kappa shape index (κ3) is 0.680. The molecule has 0 nitrogen and oxygen atoms in total. The average Bonchev–Trinajstić information content (AvgIpc) is 2.36. The maximum absolute atomic E-state index is 2.49. The Balaban J connectivity index is 2.24. The van der Waals surface area contributed by atoms with Crippen LogP contribution >= 0.6 is 0 Å². The highest BCUT2D eigenvalue weighted by atomic mass is 14.6. The van der Waals surface area contributed by atoms with Crippen molar-refractivity contribution in [3.8, 4) is 0 Å². The Morgan fingerprint density at radius 3 is 2.60 bits per heavy atom. The van der Waals surface area contributed by atoms with Crippen molar-refractivity contribution in [1.29, 1.82) is 0 Å². The molecule has 0 spiro atoms. The van der Waals surface area contributed by atoms with Gasteiger partial charge in [0.1, 0.15) is 0 Å². The Morgan fingerprint density at radius 1 is 1.40 bits per heavy atom. The van der Waals surface area contributed by atoms with Gasteiger partial charge in [0.2, 0.25) is 0 Å². The Labute approximate surface area is 63.3 Å². The van der Waals surface area contributed by atoms with Crippen LogP contribution in [0.4, 0.5) is 0 Å². The molecular formula is C10H16. The van der Waals surface area contributed by atoms with E-state index in [0.717, 1.165) is 11.8 Å². The van der Waals surface area contributed by atoms with Gasteiger partial charge in [0.25, 0.3) is 0 Å². The summed E-state index contributed by atoms with van der Waals surface area (Å²) in [5, 5.41) is 0. The third-order valence-electron chi connectivity index (χ3n) is 3.28. The zero-order valence-corrected chi connectivity index (χ0v) is 7.15. The SMILES string of the molecule is C[C@H]1C=C2C(CC1)C2(C)C. The highest BCUT2D eigenvalue weighted by Gasteiger charge is 2.52. The molecule has 2 aliphatic carbocycles. The maximum atomic E-state index is 2.49. The number of hydrogen-bond acceptors (Lipinski definition) is 0. The summed E-state index contributed by atoms with van der Waals surface area (Å²) in [4.78, 5) is 0. The smallest absolute Gasteiger partial charge is 0.00759 e. The van der Waals surface area contributed by atoms with Crippen LogP contribution in [0, 0.1) is 17.3 Å². The molecule has 0 saturated heterocycles. The number of rotatable bonds is 0. The second kappa shape index (κ2) is 1.66. The van der Waals surface area contributed by atoms with E-state index in [9.17, 15) is 0 Å². The molecule has 1 fully saturated rings. The first-order valence-electron chi connectivity index (χ1n) is 4.34. The lowest BCUT2D eigenvalue weighted by Crippen LogP contribution is -1.95. The van der Waals surface area contributed by atoms with Gasteiger partial charge in [0.15, 0.2) is 0 Å². The molecule has 56 valence electrons. The predicted octanol–water partition coefficient (Wildman–Crippen LogP) is 3.00. The second-order valence-corrected chi connectivity index (χ2v) is 4.45. The molecule has 0 heteroatoms. The van der Waals surface area contributed by atoms with E-state index < -0.39 is 0 Å². The number of allylic oxidation sites excluding steroid dienone is 2. The van der Waals surface area contributed by atoms with Crippen molar-refractivity contribution < 1.29 is 0 Å². The lowest BCUT2D eigenvalue weighted by molar-refractivity contribution is 0.488. The second-order valence-electron chi connectivity index (χ2n) is 4.45. The molecule has 2 aliphatic rings. The summed E-state index contributed by atoms with van der Waals surface area (Å²) in [5.41, 5.74) is 2.33. The number of hydrogen-bond donors (Lipinski definition) is 0. The standard InChI is InChI=1S/C10H16/c1-7-4-5-8-9(6-7)10(8,2)3/h6-8H,4-5H2,1-3H3/t7-,8?/m1/s1. The van der Waals surface area contributed by atoms with Crippen molar-refractivity contribution >= 4 is 0 Å². The van der Waals surface area contributed by atoms with Gasteiger partial charge in [-0.3, -0.25) is 0 Å². The van der Waals surface area contributed by atoms with Gasteiger partial charge in [-0.15, -0.1) is 0 Å². The molecular weight excluding hydrogens is 120 g/mol. The summed E-state index contributed by atoms with van der Waals surface area (Å²) in [6, 6.07) is 0. The van der Waals surface area contributed by atoms with Crippen molar-refractivity contribution in [3.05, 3.63) is 11.6 Å². The number of fused-ring (bicyclic) bond motifs is 1. The van der Waals surface area contributed by atoms with Gasteiger partial charge in [-0.2, -0.15) is 0 Å². The van der Waals surface area contributed by atoms with Crippen LogP contribution in [0.1, 0.15) is 33.6 Å². The molecule has 1 unspecified atom stereocenters. The quantitative estimate of drug-likeness (QED) is 0.449. The summed E-state index contributed by atoms with van der Waals surface area (Å²) in [7, 11) is 0. The summed E-state index contributed by atoms with van der Waals surface area (Å²) >= 11 is 0. The van der Waals surface area contributed by atoms with Crippen molar-refractivity contribution in [2.75, 3.05) is 0 Å². The molecule has 0 N–H and O–H groups in total. The van der Waals surface area contributed by atoms with Crippen molar-refractivity contribution in [2.24, 2.45) is 17.3 Å². The van der Waals surface area contributed by atoms with Crippen LogP contribution in [0.3, 0.4) is 0 Å². The van der Waals surface area contributed by atoms with E-state index in [-0.39, 0.29) is 0 Å². The highest BCUT2D eigenvalue weighted by molar-refractivity contribution is 5.37. The van der Waals surface area contributed by atoms with E-state index in [1.807, 2.05) is 0 Å². The van der Waals surface area contributed by atoms with Crippen LogP contribution < -0.4 is 0 Å². The van der Waals surface area contributed by atoms with E-state index in [2.05, 4.69) is 26.8 Å². The summed E-state index contributed by atoms with van der Waals surface area (Å²) in [6.07, 6.45) is 5.35. The average molecular weight is 136 g/mol. The Kier molecular flexibility index (Phi) is 1.07. The fraction of sp³-hybridized carbons (Fsp3) is 0.800. The molecule has 0 aliphatic heterocycles. The molecule has 0 radical (unpaired) electrons. The van der Waals surface area contributed by atoms with Crippen LogP contribution in [0.25, 0.3) is 0 Å². The van der Waals surface area contributed by atoms with Crippen LogP contribution in [0.5, 0.6) is 0 Å². The maximum Gasteiger partial charge on any atom is -0.00759 e. The molecule has 0 aromatic rings. The van der Waals surface area contributed by atoms with Gasteiger partial charge in [0, 0.05) is 0 Å². The lowest BCUT2D eigenvalue weighted by atomic mass is 9.98. The van der Waals surface area contributed by atoms with E-state index in [4.69, 9.17) is 0 Å². The molecule has 2 atom stereocenters. The van der Waals surface area contributed by atoms with E-state index >= 15 is 0 Å². The van der Waals surface area contributed by atoms with Crippen molar-refractivity contribution in [2.45, 2.75) is 33.6 Å². The van der Waals surface area contributed by atoms with Crippen LogP contribution in [-0.4, -0.2) is 0 Å². The monoisotopic (exact) mass is 136 g/mol. The molecule has 0 aromatic carbocycles. The van der Waals surface area contributed by atoms with Gasteiger partial charge in [0.05, 0.1) is 0 Å². The van der Waals surface area contributed by atoms with Crippen LogP contribution in [-0.2, 0) is 0 Å². The summed E-state index contributed by atoms with van der Waals surface area (Å²) < 4.78 is 0. The topological polar surface area (TPSA) is 0 Å². The molecule has 0 aromatic heterocycles. The van der Waals surface area contributed by atoms with E-state index in [1.54, 1.807) is 5.57 Å². The van der Waals surface area contributed by atoms with E-state index in [1.165, 1.54) is 12.8 Å². The Hall–Kier alpha value is -0.260. The molecule has 0 amide bonds. The highest BCUT2D eigenvalue weighted by Crippen LogP contribution is 2.62. The predicted molar refractivity (Wildman–Crippen MR) is 43.8 cm³/mol. The van der Waals surface area contributed by atoms with Crippen LogP contribution in [0.2, 0.25) is 0 Å². The van der Waals surface area contributed by atoms with Crippen molar-refractivity contribution in [3.63, 3.8) is 0 Å². The normalized spacial score (nSPS) is 42.1. The van der Waals surface area contributed by atoms with Crippen molar-refractivity contribution in [1.82, 2.24) is 0 Å². The molecule has 0 bridgehead atoms. The molecule has 10 heavy (non-hydrogen) atoms.